The average molecular weight is 489 g/mol. The zero-order chi connectivity index (χ0) is 23.5. The molecule has 0 aliphatic rings. The van der Waals surface area contributed by atoms with Crippen LogP contribution in [0.3, 0.4) is 0 Å². The zero-order valence-electron chi connectivity index (χ0n) is 18.0. The van der Waals surface area contributed by atoms with Crippen LogP contribution in [0.4, 0.5) is 0 Å². The van der Waals surface area contributed by atoms with Gasteiger partial charge in [0, 0.05) is 24.7 Å². The van der Waals surface area contributed by atoms with E-state index in [-0.39, 0.29) is 18.4 Å². The maximum Gasteiger partial charge on any atom is 0.304 e. The topological polar surface area (TPSA) is 102 Å². The largest absolute Gasteiger partial charge is 0.491 e. The molecule has 0 aliphatic heterocycles. The molecule has 0 aliphatic carbocycles. The van der Waals surface area contributed by atoms with Gasteiger partial charge in [-0.15, -0.1) is 0 Å². The molecule has 0 amide bonds. The summed E-state index contributed by atoms with van der Waals surface area (Å²) in [6.07, 6.45) is 1.83. The molecule has 0 spiro atoms. The van der Waals surface area contributed by atoms with Crippen LogP contribution in [-0.2, 0) is 11.3 Å². The highest BCUT2D eigenvalue weighted by Gasteiger charge is 2.17. The molecule has 0 unspecified atom stereocenters. The fourth-order valence-electron chi connectivity index (χ4n) is 3.38. The summed E-state index contributed by atoms with van der Waals surface area (Å²) in [5, 5.41) is 17.8. The van der Waals surface area contributed by atoms with Gasteiger partial charge in [0.2, 0.25) is 0 Å². The first-order chi connectivity index (χ1) is 15.8. The molecule has 10 heteroatoms. The molecule has 4 aromatic rings. The van der Waals surface area contributed by atoms with Gasteiger partial charge in [-0.2, -0.15) is 4.98 Å². The SMILES string of the molecule is CC(C)Oc1ccc(-c2nc(-n3cc(Cl)c4cc(CNCCC(=O)O)ccc43)no2)c(Cl)c1. The molecule has 8 nitrogen and oxygen atoms in total. The Labute approximate surface area is 200 Å². The fraction of sp³-hybridized carbons (Fsp3) is 0.261. The summed E-state index contributed by atoms with van der Waals surface area (Å²) < 4.78 is 12.9. The van der Waals surface area contributed by atoms with E-state index in [0.717, 1.165) is 16.5 Å². The number of rotatable bonds is 9. The van der Waals surface area contributed by atoms with Crippen molar-refractivity contribution in [2.24, 2.45) is 0 Å². The van der Waals surface area contributed by atoms with Gasteiger partial charge < -0.3 is 19.7 Å². The monoisotopic (exact) mass is 488 g/mol. The molecule has 2 N–H and O–H groups in total. The van der Waals surface area contributed by atoms with Crippen LogP contribution in [0.15, 0.2) is 47.1 Å². The van der Waals surface area contributed by atoms with Crippen LogP contribution in [0.2, 0.25) is 10.0 Å². The van der Waals surface area contributed by atoms with Gasteiger partial charge in [-0.1, -0.05) is 29.3 Å². The van der Waals surface area contributed by atoms with Crippen LogP contribution in [0.1, 0.15) is 25.8 Å². The highest BCUT2D eigenvalue weighted by atomic mass is 35.5. The molecular weight excluding hydrogens is 467 g/mol. The molecular formula is C23H22Cl2N4O4. The third-order valence-electron chi connectivity index (χ3n) is 4.84. The second-order valence-electron chi connectivity index (χ2n) is 7.73. The Balaban J connectivity index is 1.57. The van der Waals surface area contributed by atoms with Crippen molar-refractivity contribution in [3.63, 3.8) is 0 Å². The van der Waals surface area contributed by atoms with Crippen LogP contribution in [0, 0.1) is 0 Å². The molecule has 0 bridgehead atoms. The van der Waals surface area contributed by atoms with Gasteiger partial charge in [0.05, 0.1) is 33.7 Å². The number of carbonyl (C=O) groups is 1. The minimum Gasteiger partial charge on any atom is -0.491 e. The number of hydrogen-bond acceptors (Lipinski definition) is 6. The van der Waals surface area contributed by atoms with E-state index in [4.69, 9.17) is 37.6 Å². The number of hydrogen-bond donors (Lipinski definition) is 2. The van der Waals surface area contributed by atoms with Gasteiger partial charge in [-0.05, 0) is 54.9 Å². The first-order valence-corrected chi connectivity index (χ1v) is 11.1. The van der Waals surface area contributed by atoms with Crippen molar-refractivity contribution in [1.82, 2.24) is 20.0 Å². The molecule has 2 heterocycles. The summed E-state index contributed by atoms with van der Waals surface area (Å²) in [5.74, 6) is 0.435. The van der Waals surface area contributed by atoms with Gasteiger partial charge >= 0.3 is 5.97 Å². The molecule has 172 valence electrons. The lowest BCUT2D eigenvalue weighted by atomic mass is 10.1. The summed E-state index contributed by atoms with van der Waals surface area (Å²) in [7, 11) is 0. The molecule has 33 heavy (non-hydrogen) atoms. The Morgan fingerprint density at radius 1 is 1.21 bits per heavy atom. The second kappa shape index (κ2) is 9.82. The van der Waals surface area contributed by atoms with Crippen LogP contribution >= 0.6 is 23.2 Å². The van der Waals surface area contributed by atoms with Gasteiger partial charge in [0.15, 0.2) is 0 Å². The number of carboxylic acid groups (broad SMARTS) is 1. The summed E-state index contributed by atoms with van der Waals surface area (Å²) in [6.45, 7) is 4.81. The number of ether oxygens (including phenoxy) is 1. The Hall–Kier alpha value is -3.07. The third kappa shape index (κ3) is 5.30. The molecule has 0 atom stereocenters. The minimum absolute atomic E-state index is 0.0368. The van der Waals surface area contributed by atoms with E-state index in [2.05, 4.69) is 15.5 Å². The van der Waals surface area contributed by atoms with E-state index in [1.807, 2.05) is 32.0 Å². The van der Waals surface area contributed by atoms with Crippen molar-refractivity contribution in [2.45, 2.75) is 32.9 Å². The van der Waals surface area contributed by atoms with E-state index < -0.39 is 5.97 Å². The molecule has 2 aromatic heterocycles. The summed E-state index contributed by atoms with van der Waals surface area (Å²) in [6, 6.07) is 11.1. The quantitative estimate of drug-likeness (QED) is 0.306. The Kier molecular flexibility index (Phi) is 6.88. The zero-order valence-corrected chi connectivity index (χ0v) is 19.5. The van der Waals surface area contributed by atoms with Crippen molar-refractivity contribution in [2.75, 3.05) is 6.54 Å². The van der Waals surface area contributed by atoms with Crippen molar-refractivity contribution in [3.05, 3.63) is 58.2 Å². The Bertz CT molecular complexity index is 1300. The maximum atomic E-state index is 10.6. The molecule has 0 saturated carbocycles. The number of aromatic nitrogens is 3. The van der Waals surface area contributed by atoms with Crippen molar-refractivity contribution >= 4 is 40.1 Å². The van der Waals surface area contributed by atoms with E-state index in [0.29, 0.717) is 40.4 Å². The summed E-state index contributed by atoms with van der Waals surface area (Å²) in [5.41, 5.74) is 2.40. The average Bonchev–Trinajstić information content (AvgIpc) is 3.36. The number of fused-ring (bicyclic) bond motifs is 1. The predicted molar refractivity (Wildman–Crippen MR) is 126 cm³/mol. The van der Waals surface area contributed by atoms with Crippen LogP contribution < -0.4 is 10.1 Å². The maximum absolute atomic E-state index is 10.6. The molecule has 0 fully saturated rings. The molecule has 2 aromatic carbocycles. The third-order valence-corrected chi connectivity index (χ3v) is 5.45. The van der Waals surface area contributed by atoms with Crippen LogP contribution in [0.25, 0.3) is 28.3 Å². The van der Waals surface area contributed by atoms with Crippen LogP contribution in [0.5, 0.6) is 5.75 Å². The predicted octanol–water partition coefficient (Wildman–Crippen LogP) is 5.34. The lowest BCUT2D eigenvalue weighted by Gasteiger charge is -2.10. The highest BCUT2D eigenvalue weighted by molar-refractivity contribution is 6.35. The van der Waals surface area contributed by atoms with Crippen molar-refractivity contribution in [1.29, 1.82) is 0 Å². The smallest absolute Gasteiger partial charge is 0.304 e. The lowest BCUT2D eigenvalue weighted by Crippen LogP contribution is -2.17. The molecule has 0 radical (unpaired) electrons. The molecule has 0 saturated heterocycles. The fourth-order valence-corrected chi connectivity index (χ4v) is 3.88. The first kappa shape index (κ1) is 23.1. The number of halogens is 2. The number of aliphatic carboxylic acids is 1. The highest BCUT2D eigenvalue weighted by Crippen LogP contribution is 2.33. The Morgan fingerprint density at radius 2 is 2.03 bits per heavy atom. The van der Waals surface area contributed by atoms with E-state index >= 15 is 0 Å². The van der Waals surface area contributed by atoms with Crippen LogP contribution in [-0.4, -0.2) is 38.4 Å². The second-order valence-corrected chi connectivity index (χ2v) is 8.54. The lowest BCUT2D eigenvalue weighted by molar-refractivity contribution is -0.136. The summed E-state index contributed by atoms with van der Waals surface area (Å²) >= 11 is 12.9. The normalized spacial score (nSPS) is 11.4. The first-order valence-electron chi connectivity index (χ1n) is 10.3. The Morgan fingerprint density at radius 3 is 2.76 bits per heavy atom. The van der Waals surface area contributed by atoms with E-state index in [1.165, 1.54) is 0 Å². The number of carboxylic acids is 1. The number of nitrogens with zero attached hydrogens (tertiary/aromatic N) is 3. The standard InChI is InChI=1S/C23H22Cl2N4O4/c1-13(2)32-15-4-5-16(18(24)10-15)22-27-23(28-33-22)29-12-19(25)17-9-14(3-6-20(17)29)11-26-8-7-21(30)31/h3-6,9-10,12-13,26H,7-8,11H2,1-2H3,(H,30,31). The van der Waals surface area contributed by atoms with Gasteiger partial charge in [0.25, 0.3) is 11.8 Å². The summed E-state index contributed by atoms with van der Waals surface area (Å²) in [4.78, 5) is 15.1. The minimum atomic E-state index is -0.835. The van der Waals surface area contributed by atoms with Gasteiger partial charge in [0.1, 0.15) is 5.75 Å². The number of nitrogens with one attached hydrogen (secondary N) is 1. The van der Waals surface area contributed by atoms with Crippen molar-refractivity contribution < 1.29 is 19.2 Å². The molecule has 4 rings (SSSR count). The van der Waals surface area contributed by atoms with Gasteiger partial charge in [-0.25, -0.2) is 0 Å². The van der Waals surface area contributed by atoms with Crippen molar-refractivity contribution in [3.8, 4) is 23.2 Å². The number of benzene rings is 2. The van der Waals surface area contributed by atoms with E-state index in [9.17, 15) is 4.79 Å². The van der Waals surface area contributed by atoms with Gasteiger partial charge in [-0.3, -0.25) is 9.36 Å². The van der Waals surface area contributed by atoms with E-state index in [1.54, 1.807) is 29.0 Å².